The van der Waals surface area contributed by atoms with Gasteiger partial charge in [0.25, 0.3) is 0 Å². The van der Waals surface area contributed by atoms with E-state index in [1.165, 1.54) is 7.05 Å². The van der Waals surface area contributed by atoms with Gasteiger partial charge in [-0.25, -0.2) is 0 Å². The van der Waals surface area contributed by atoms with Gasteiger partial charge in [0, 0.05) is 13.0 Å². The predicted octanol–water partition coefficient (Wildman–Crippen LogP) is -1.24. The average molecular weight is 227 g/mol. The molecule has 0 saturated heterocycles. The van der Waals surface area contributed by atoms with Gasteiger partial charge in [-0.05, 0) is 19.8 Å². The van der Waals surface area contributed by atoms with E-state index in [-0.39, 0.29) is 30.2 Å². The van der Waals surface area contributed by atoms with Gasteiger partial charge in [-0.15, -0.1) is 0 Å². The van der Waals surface area contributed by atoms with E-state index in [2.05, 4.69) is 16.0 Å². The van der Waals surface area contributed by atoms with Crippen molar-refractivity contribution < 1.29 is 14.4 Å². The molecule has 0 aromatic heterocycles. The van der Waals surface area contributed by atoms with Crippen LogP contribution in [0.5, 0.6) is 0 Å². The number of likely N-dealkylation sites (N-methyl/N-ethyl adjacent to an activating group) is 1. The summed E-state index contributed by atoms with van der Waals surface area (Å²) in [7, 11) is 1.50. The minimum atomic E-state index is -0.588. The molecule has 1 fully saturated rings. The summed E-state index contributed by atoms with van der Waals surface area (Å²) in [5.41, 5.74) is 0. The summed E-state index contributed by atoms with van der Waals surface area (Å²) in [5.74, 6) is -0.612. The van der Waals surface area contributed by atoms with E-state index < -0.39 is 6.04 Å². The van der Waals surface area contributed by atoms with Crippen molar-refractivity contribution in [1.82, 2.24) is 16.0 Å². The third-order valence-corrected chi connectivity index (χ3v) is 2.39. The summed E-state index contributed by atoms with van der Waals surface area (Å²) in [6.07, 6.45) is 1.81. The minimum absolute atomic E-state index is 0.0728. The van der Waals surface area contributed by atoms with Crippen LogP contribution in [-0.2, 0) is 14.4 Å². The first-order chi connectivity index (χ1) is 7.54. The van der Waals surface area contributed by atoms with Gasteiger partial charge < -0.3 is 16.0 Å². The fraction of sp³-hybridized carbons (Fsp3) is 0.700. The van der Waals surface area contributed by atoms with Crippen molar-refractivity contribution in [2.75, 3.05) is 13.6 Å². The first kappa shape index (κ1) is 12.5. The van der Waals surface area contributed by atoms with Gasteiger partial charge in [-0.2, -0.15) is 0 Å². The summed E-state index contributed by atoms with van der Waals surface area (Å²) < 4.78 is 0. The molecule has 3 amide bonds. The van der Waals surface area contributed by atoms with Gasteiger partial charge in [0.2, 0.25) is 17.7 Å². The molecule has 1 aliphatic rings. The van der Waals surface area contributed by atoms with Crippen molar-refractivity contribution in [3.8, 4) is 0 Å². The summed E-state index contributed by atoms with van der Waals surface area (Å²) >= 11 is 0. The Bertz CT molecular complexity index is 300. The van der Waals surface area contributed by atoms with Gasteiger partial charge in [0.15, 0.2) is 0 Å². The zero-order chi connectivity index (χ0) is 12.1. The normalized spacial score (nSPS) is 16.1. The van der Waals surface area contributed by atoms with E-state index >= 15 is 0 Å². The molecule has 0 radical (unpaired) electrons. The van der Waals surface area contributed by atoms with Crippen molar-refractivity contribution in [3.05, 3.63) is 0 Å². The minimum Gasteiger partial charge on any atom is -0.357 e. The average Bonchev–Trinajstić information content (AvgIpc) is 3.08. The fourth-order valence-corrected chi connectivity index (χ4v) is 1.23. The molecule has 0 heterocycles. The first-order valence-corrected chi connectivity index (χ1v) is 5.33. The second-order valence-electron chi connectivity index (χ2n) is 3.90. The molecule has 6 nitrogen and oxygen atoms in total. The number of hydrogen-bond donors (Lipinski definition) is 3. The van der Waals surface area contributed by atoms with Crippen LogP contribution in [0.4, 0.5) is 0 Å². The van der Waals surface area contributed by atoms with Crippen molar-refractivity contribution in [2.24, 2.45) is 5.92 Å². The highest BCUT2D eigenvalue weighted by atomic mass is 16.2. The van der Waals surface area contributed by atoms with E-state index in [0.29, 0.717) is 0 Å². The lowest BCUT2D eigenvalue weighted by Gasteiger charge is -2.12. The summed E-state index contributed by atoms with van der Waals surface area (Å²) in [5, 5.41) is 7.43. The number of hydrogen-bond acceptors (Lipinski definition) is 3. The maximum atomic E-state index is 11.3. The van der Waals surface area contributed by atoms with Crippen LogP contribution in [0, 0.1) is 5.92 Å². The topological polar surface area (TPSA) is 87.3 Å². The van der Waals surface area contributed by atoms with Crippen LogP contribution >= 0.6 is 0 Å². The standard InChI is InChI=1S/C10H17N3O3/c1-6(9(15)11-2)13-8(14)5-12-10(16)7-3-4-7/h6-7H,3-5H2,1-2H3,(H,11,15)(H,12,16)(H,13,14)/t6-/m0/s1. The van der Waals surface area contributed by atoms with E-state index in [9.17, 15) is 14.4 Å². The summed E-state index contributed by atoms with van der Waals surface area (Å²) in [6, 6.07) is -0.588. The molecule has 0 bridgehead atoms. The summed E-state index contributed by atoms with van der Waals surface area (Å²) in [6.45, 7) is 1.51. The zero-order valence-electron chi connectivity index (χ0n) is 9.50. The van der Waals surface area contributed by atoms with Gasteiger partial charge in [0.05, 0.1) is 6.54 Å². The molecule has 1 aliphatic carbocycles. The highest BCUT2D eigenvalue weighted by molar-refractivity contribution is 5.90. The van der Waals surface area contributed by atoms with Crippen molar-refractivity contribution in [3.63, 3.8) is 0 Å². The molecule has 1 atom stereocenters. The van der Waals surface area contributed by atoms with Crippen molar-refractivity contribution in [1.29, 1.82) is 0 Å². The molecule has 0 aromatic rings. The Morgan fingerprint density at radius 1 is 1.31 bits per heavy atom. The second kappa shape index (κ2) is 5.48. The SMILES string of the molecule is CNC(=O)[C@H](C)NC(=O)CNC(=O)C1CC1. The van der Waals surface area contributed by atoms with Gasteiger partial charge in [-0.3, -0.25) is 14.4 Å². The monoisotopic (exact) mass is 227 g/mol. The van der Waals surface area contributed by atoms with E-state index in [1.807, 2.05) is 0 Å². The number of rotatable bonds is 5. The lowest BCUT2D eigenvalue weighted by Crippen LogP contribution is -2.47. The highest BCUT2D eigenvalue weighted by Crippen LogP contribution is 2.28. The van der Waals surface area contributed by atoms with E-state index in [0.717, 1.165) is 12.8 Å². The maximum Gasteiger partial charge on any atom is 0.242 e. The lowest BCUT2D eigenvalue weighted by molar-refractivity contribution is -0.129. The quantitative estimate of drug-likeness (QED) is 0.549. The third-order valence-electron chi connectivity index (χ3n) is 2.39. The zero-order valence-corrected chi connectivity index (χ0v) is 9.50. The Balaban J connectivity index is 2.19. The molecule has 0 spiro atoms. The molecule has 0 aromatic carbocycles. The third kappa shape index (κ3) is 3.88. The highest BCUT2D eigenvalue weighted by Gasteiger charge is 2.29. The van der Waals surface area contributed by atoms with Crippen LogP contribution in [0.3, 0.4) is 0 Å². The van der Waals surface area contributed by atoms with Crippen molar-refractivity contribution in [2.45, 2.75) is 25.8 Å². The van der Waals surface area contributed by atoms with Crippen LogP contribution in [-0.4, -0.2) is 37.4 Å². The van der Waals surface area contributed by atoms with Crippen LogP contribution in [0.1, 0.15) is 19.8 Å². The van der Waals surface area contributed by atoms with Crippen LogP contribution in [0.15, 0.2) is 0 Å². The predicted molar refractivity (Wildman–Crippen MR) is 57.4 cm³/mol. The number of amides is 3. The smallest absolute Gasteiger partial charge is 0.242 e. The van der Waals surface area contributed by atoms with E-state index in [4.69, 9.17) is 0 Å². The molecule has 0 aliphatic heterocycles. The Morgan fingerprint density at radius 2 is 1.94 bits per heavy atom. The van der Waals surface area contributed by atoms with Crippen molar-refractivity contribution >= 4 is 17.7 Å². The van der Waals surface area contributed by atoms with Crippen LogP contribution in [0.2, 0.25) is 0 Å². The molecule has 0 unspecified atom stereocenters. The molecule has 1 rings (SSSR count). The van der Waals surface area contributed by atoms with Crippen LogP contribution in [0.25, 0.3) is 0 Å². The second-order valence-corrected chi connectivity index (χ2v) is 3.90. The molecule has 3 N–H and O–H groups in total. The molecule has 90 valence electrons. The maximum absolute atomic E-state index is 11.3. The van der Waals surface area contributed by atoms with E-state index in [1.54, 1.807) is 6.92 Å². The number of nitrogens with one attached hydrogen (secondary N) is 3. The van der Waals surface area contributed by atoms with Gasteiger partial charge in [-0.1, -0.05) is 0 Å². The lowest BCUT2D eigenvalue weighted by atomic mass is 10.3. The summed E-state index contributed by atoms with van der Waals surface area (Å²) in [4.78, 5) is 33.6. The molecular formula is C10H17N3O3. The molecule has 1 saturated carbocycles. The molecular weight excluding hydrogens is 210 g/mol. The number of carbonyl (C=O) groups excluding carboxylic acids is 3. The Kier molecular flexibility index (Phi) is 4.28. The first-order valence-electron chi connectivity index (χ1n) is 5.33. The Hall–Kier alpha value is -1.59. The molecule has 16 heavy (non-hydrogen) atoms. The largest absolute Gasteiger partial charge is 0.357 e. The van der Waals surface area contributed by atoms with Gasteiger partial charge in [0.1, 0.15) is 6.04 Å². The Labute approximate surface area is 94.2 Å². The Morgan fingerprint density at radius 3 is 2.44 bits per heavy atom. The number of carbonyl (C=O) groups is 3. The van der Waals surface area contributed by atoms with Crippen LogP contribution < -0.4 is 16.0 Å². The van der Waals surface area contributed by atoms with Gasteiger partial charge >= 0.3 is 0 Å². The molecule has 6 heteroatoms. The fourth-order valence-electron chi connectivity index (χ4n) is 1.23.